The molecule has 2 aromatic carbocycles. The second-order valence-electron chi connectivity index (χ2n) is 7.12. The molecule has 1 fully saturated rings. The second kappa shape index (κ2) is 8.25. The van der Waals surface area contributed by atoms with E-state index >= 15 is 0 Å². The summed E-state index contributed by atoms with van der Waals surface area (Å²) in [6.07, 6.45) is 0. The van der Waals surface area contributed by atoms with Crippen LogP contribution in [0.1, 0.15) is 16.1 Å². The number of para-hydroxylation sites is 1. The van der Waals surface area contributed by atoms with Crippen molar-refractivity contribution < 1.29 is 9.21 Å². The molecule has 0 aliphatic carbocycles. The van der Waals surface area contributed by atoms with Gasteiger partial charge in [-0.05, 0) is 37.3 Å². The number of rotatable bonds is 5. The van der Waals surface area contributed by atoms with Crippen molar-refractivity contribution in [2.24, 2.45) is 0 Å². The lowest BCUT2D eigenvalue weighted by molar-refractivity contribution is 0.0921. The van der Waals surface area contributed by atoms with Gasteiger partial charge in [0.15, 0.2) is 5.76 Å². The van der Waals surface area contributed by atoms with Crippen LogP contribution < -0.4 is 10.2 Å². The van der Waals surface area contributed by atoms with Crippen molar-refractivity contribution in [3.05, 3.63) is 64.9 Å². The number of nitrogens with zero attached hydrogens (tertiary/aromatic N) is 2. The van der Waals surface area contributed by atoms with Gasteiger partial charge in [0.2, 0.25) is 0 Å². The van der Waals surface area contributed by atoms with Gasteiger partial charge in [0.05, 0.1) is 0 Å². The van der Waals surface area contributed by atoms with E-state index < -0.39 is 0 Å². The molecule has 1 aliphatic heterocycles. The van der Waals surface area contributed by atoms with Gasteiger partial charge in [-0.1, -0.05) is 29.8 Å². The van der Waals surface area contributed by atoms with Crippen LogP contribution in [0.4, 0.5) is 5.69 Å². The third kappa shape index (κ3) is 4.01. The summed E-state index contributed by atoms with van der Waals surface area (Å²) in [5.74, 6) is 0.193. The van der Waals surface area contributed by atoms with Crippen molar-refractivity contribution in [1.29, 1.82) is 0 Å². The molecule has 0 bridgehead atoms. The zero-order chi connectivity index (χ0) is 19.5. The molecule has 146 valence electrons. The molecule has 1 saturated heterocycles. The smallest absolute Gasteiger partial charge is 0.287 e. The summed E-state index contributed by atoms with van der Waals surface area (Å²) in [5.41, 5.74) is 2.78. The first kappa shape index (κ1) is 18.8. The lowest BCUT2D eigenvalue weighted by atomic mass is 10.1. The highest BCUT2D eigenvalue weighted by Gasteiger charge is 2.19. The lowest BCUT2D eigenvalue weighted by Crippen LogP contribution is -2.48. The normalized spacial score (nSPS) is 15.1. The van der Waals surface area contributed by atoms with Crippen LogP contribution in [-0.2, 0) is 0 Å². The molecule has 6 heteroatoms. The van der Waals surface area contributed by atoms with Crippen LogP contribution in [0.3, 0.4) is 0 Å². The molecule has 0 radical (unpaired) electrons. The van der Waals surface area contributed by atoms with Gasteiger partial charge in [0, 0.05) is 60.9 Å². The number of hydrogen-bond acceptors (Lipinski definition) is 4. The number of hydrogen-bond donors (Lipinski definition) is 1. The van der Waals surface area contributed by atoms with Crippen molar-refractivity contribution in [1.82, 2.24) is 10.2 Å². The van der Waals surface area contributed by atoms with Crippen LogP contribution in [0.25, 0.3) is 11.0 Å². The number of aryl methyl sites for hydroxylation is 1. The average Bonchev–Trinajstić information content (AvgIpc) is 3.05. The molecule has 1 aromatic heterocycles. The predicted molar refractivity (Wildman–Crippen MR) is 113 cm³/mol. The Hall–Kier alpha value is -2.50. The number of piperazine rings is 1. The third-order valence-corrected chi connectivity index (χ3v) is 5.55. The van der Waals surface area contributed by atoms with E-state index in [1.54, 1.807) is 12.1 Å². The Balaban J connectivity index is 1.28. The highest BCUT2D eigenvalue weighted by molar-refractivity contribution is 6.31. The van der Waals surface area contributed by atoms with Crippen LogP contribution in [0, 0.1) is 6.92 Å². The number of fused-ring (bicyclic) bond motifs is 1. The largest absolute Gasteiger partial charge is 0.451 e. The number of nitrogens with one attached hydrogen (secondary N) is 1. The van der Waals surface area contributed by atoms with Crippen molar-refractivity contribution in [2.75, 3.05) is 44.2 Å². The van der Waals surface area contributed by atoms with E-state index in [4.69, 9.17) is 16.0 Å². The number of carbonyl (C=O) groups is 1. The van der Waals surface area contributed by atoms with Crippen molar-refractivity contribution in [2.45, 2.75) is 6.92 Å². The molecule has 1 N–H and O–H groups in total. The topological polar surface area (TPSA) is 48.7 Å². The monoisotopic (exact) mass is 397 g/mol. The molecular formula is C22H24ClN3O2. The van der Waals surface area contributed by atoms with E-state index in [2.05, 4.69) is 39.4 Å². The first-order chi connectivity index (χ1) is 13.6. The number of amides is 1. The molecule has 5 nitrogen and oxygen atoms in total. The van der Waals surface area contributed by atoms with Gasteiger partial charge < -0.3 is 14.6 Å². The molecule has 0 unspecified atom stereocenters. The fraction of sp³-hybridized carbons (Fsp3) is 0.318. The Kier molecular flexibility index (Phi) is 5.55. The molecular weight excluding hydrogens is 374 g/mol. The maximum atomic E-state index is 12.5. The summed E-state index contributed by atoms with van der Waals surface area (Å²) < 4.78 is 5.73. The van der Waals surface area contributed by atoms with Crippen LogP contribution >= 0.6 is 11.6 Å². The van der Waals surface area contributed by atoms with Gasteiger partial charge >= 0.3 is 0 Å². The van der Waals surface area contributed by atoms with Gasteiger partial charge in [-0.3, -0.25) is 9.69 Å². The molecule has 3 aromatic rings. The SMILES string of the molecule is Cc1c(C(=O)NCCN2CCN(c3ccccc3)CC2)oc2ccc(Cl)cc12. The van der Waals surface area contributed by atoms with Gasteiger partial charge in [0.1, 0.15) is 5.58 Å². The maximum Gasteiger partial charge on any atom is 0.287 e. The predicted octanol–water partition coefficient (Wildman–Crippen LogP) is 3.95. The maximum absolute atomic E-state index is 12.5. The third-order valence-electron chi connectivity index (χ3n) is 5.31. The summed E-state index contributed by atoms with van der Waals surface area (Å²) >= 11 is 6.05. The van der Waals surface area contributed by atoms with Gasteiger partial charge in [-0.15, -0.1) is 0 Å². The molecule has 0 spiro atoms. The second-order valence-corrected chi connectivity index (χ2v) is 7.55. The molecule has 0 saturated carbocycles. The van der Waals surface area contributed by atoms with Crippen molar-refractivity contribution in [3.8, 4) is 0 Å². The van der Waals surface area contributed by atoms with Gasteiger partial charge in [-0.25, -0.2) is 0 Å². The lowest BCUT2D eigenvalue weighted by Gasteiger charge is -2.36. The van der Waals surface area contributed by atoms with Crippen molar-refractivity contribution >= 4 is 34.2 Å². The average molecular weight is 398 g/mol. The molecule has 28 heavy (non-hydrogen) atoms. The summed E-state index contributed by atoms with van der Waals surface area (Å²) in [7, 11) is 0. The number of halogens is 1. The Morgan fingerprint density at radius 2 is 1.86 bits per heavy atom. The highest BCUT2D eigenvalue weighted by atomic mass is 35.5. The van der Waals surface area contributed by atoms with Gasteiger partial charge in [0.25, 0.3) is 5.91 Å². The minimum Gasteiger partial charge on any atom is -0.451 e. The molecule has 1 amide bonds. The van der Waals surface area contributed by atoms with E-state index in [0.29, 0.717) is 22.9 Å². The number of carbonyl (C=O) groups excluding carboxylic acids is 1. The molecule has 4 rings (SSSR count). The Morgan fingerprint density at radius 1 is 1.11 bits per heavy atom. The first-order valence-electron chi connectivity index (χ1n) is 9.61. The van der Waals surface area contributed by atoms with E-state index in [1.165, 1.54) is 5.69 Å². The highest BCUT2D eigenvalue weighted by Crippen LogP contribution is 2.27. The Bertz CT molecular complexity index is 963. The number of furan rings is 1. The van der Waals surface area contributed by atoms with Crippen LogP contribution in [0.15, 0.2) is 52.9 Å². The van der Waals surface area contributed by atoms with E-state index in [-0.39, 0.29) is 5.91 Å². The quantitative estimate of drug-likeness (QED) is 0.708. The molecule has 1 aliphatic rings. The summed E-state index contributed by atoms with van der Waals surface area (Å²) in [4.78, 5) is 17.3. The standard InChI is InChI=1S/C22H24ClN3O2/c1-16-19-15-17(23)7-8-20(19)28-21(16)22(27)24-9-10-25-11-13-26(14-12-25)18-5-3-2-4-6-18/h2-8,15H,9-14H2,1H3,(H,24,27). The van der Waals surface area contributed by atoms with Crippen LogP contribution in [0.2, 0.25) is 5.02 Å². The zero-order valence-corrected chi connectivity index (χ0v) is 16.7. The first-order valence-corrected chi connectivity index (χ1v) is 9.99. The fourth-order valence-electron chi connectivity index (χ4n) is 3.69. The molecule has 0 atom stereocenters. The van der Waals surface area contributed by atoms with Gasteiger partial charge in [-0.2, -0.15) is 0 Å². The van der Waals surface area contributed by atoms with E-state index in [1.807, 2.05) is 19.1 Å². The Morgan fingerprint density at radius 3 is 2.61 bits per heavy atom. The Labute approximate surface area is 169 Å². The van der Waals surface area contributed by atoms with E-state index in [9.17, 15) is 4.79 Å². The minimum absolute atomic E-state index is 0.173. The summed E-state index contributed by atoms with van der Waals surface area (Å²) in [5, 5.41) is 4.51. The van der Waals surface area contributed by atoms with E-state index in [0.717, 1.165) is 43.7 Å². The summed E-state index contributed by atoms with van der Waals surface area (Å²) in [6.45, 7) is 7.31. The minimum atomic E-state index is -0.173. The zero-order valence-electron chi connectivity index (χ0n) is 16.0. The van der Waals surface area contributed by atoms with Crippen LogP contribution in [0.5, 0.6) is 0 Å². The molecule has 2 heterocycles. The summed E-state index contributed by atoms with van der Waals surface area (Å²) in [6, 6.07) is 15.9. The van der Waals surface area contributed by atoms with Crippen molar-refractivity contribution in [3.63, 3.8) is 0 Å². The van der Waals surface area contributed by atoms with Crippen LogP contribution in [-0.4, -0.2) is 50.1 Å². The fourth-order valence-corrected chi connectivity index (χ4v) is 3.86. The number of anilines is 1. The number of benzene rings is 2.